The molecule has 3 nitrogen and oxygen atoms in total. The minimum Gasteiger partial charge on any atom is -0.312 e. The van der Waals surface area contributed by atoms with Crippen molar-refractivity contribution in [1.29, 1.82) is 0 Å². The van der Waals surface area contributed by atoms with Crippen LogP contribution in [0.4, 0.5) is 0 Å². The molecule has 112 valence electrons. The Hall–Kier alpha value is -1.26. The molecular formula is C17H23N3S. The summed E-state index contributed by atoms with van der Waals surface area (Å²) in [5.41, 5.74) is 2.68. The Morgan fingerprint density at radius 2 is 2.24 bits per heavy atom. The van der Waals surface area contributed by atoms with E-state index in [1.807, 2.05) is 29.7 Å². The molecular weight excluding hydrogens is 278 g/mol. The summed E-state index contributed by atoms with van der Waals surface area (Å²) in [6, 6.07) is 11.4. The normalized spacial score (nSPS) is 18.7. The summed E-state index contributed by atoms with van der Waals surface area (Å²) in [4.78, 5) is 1.45. The number of hydrogen-bond donors (Lipinski definition) is 1. The smallest absolute Gasteiger partial charge is 0.0640 e. The average molecular weight is 301 g/mol. The zero-order valence-corrected chi connectivity index (χ0v) is 13.6. The second kappa shape index (κ2) is 6.67. The highest BCUT2D eigenvalue weighted by Gasteiger charge is 2.29. The Labute approximate surface area is 131 Å². The first-order chi connectivity index (χ1) is 10.3. The Balaban J connectivity index is 1.71. The van der Waals surface area contributed by atoms with Crippen LogP contribution >= 0.6 is 11.8 Å². The van der Waals surface area contributed by atoms with Crippen molar-refractivity contribution in [2.75, 3.05) is 6.54 Å². The number of nitrogens with one attached hydrogen (secondary N) is 1. The minimum absolute atomic E-state index is 0.484. The lowest BCUT2D eigenvalue weighted by atomic mass is 10.0. The van der Waals surface area contributed by atoms with Crippen LogP contribution in [0.3, 0.4) is 0 Å². The third kappa shape index (κ3) is 3.50. The topological polar surface area (TPSA) is 29.9 Å². The minimum atomic E-state index is 0.484. The van der Waals surface area contributed by atoms with Gasteiger partial charge >= 0.3 is 0 Å². The molecule has 2 aromatic rings. The average Bonchev–Trinajstić information content (AvgIpc) is 3.09. The summed E-state index contributed by atoms with van der Waals surface area (Å²) in [7, 11) is 1.98. The SMILES string of the molecule is CCCNC(Cc1ccn(C)n1)C1Cc2ccccc2S1. The molecule has 2 unspecified atom stereocenters. The molecule has 1 aliphatic rings. The van der Waals surface area contributed by atoms with Crippen LogP contribution in [0.2, 0.25) is 0 Å². The van der Waals surface area contributed by atoms with E-state index >= 15 is 0 Å². The highest BCUT2D eigenvalue weighted by molar-refractivity contribution is 8.00. The van der Waals surface area contributed by atoms with Gasteiger partial charge in [0, 0.05) is 35.9 Å². The lowest BCUT2D eigenvalue weighted by Gasteiger charge is -2.23. The maximum absolute atomic E-state index is 4.55. The monoisotopic (exact) mass is 301 g/mol. The highest BCUT2D eigenvalue weighted by Crippen LogP contribution is 2.38. The lowest BCUT2D eigenvalue weighted by molar-refractivity contribution is 0.485. The van der Waals surface area contributed by atoms with Crippen molar-refractivity contribution in [2.45, 2.75) is 42.4 Å². The van der Waals surface area contributed by atoms with Gasteiger partial charge < -0.3 is 5.32 Å². The Bertz CT molecular complexity index is 568. The van der Waals surface area contributed by atoms with Crippen molar-refractivity contribution in [3.8, 4) is 0 Å². The van der Waals surface area contributed by atoms with Crippen molar-refractivity contribution in [3.63, 3.8) is 0 Å². The molecule has 0 bridgehead atoms. The van der Waals surface area contributed by atoms with Crippen molar-refractivity contribution in [2.24, 2.45) is 7.05 Å². The van der Waals surface area contributed by atoms with E-state index in [9.17, 15) is 0 Å². The van der Waals surface area contributed by atoms with Crippen LogP contribution in [0.5, 0.6) is 0 Å². The van der Waals surface area contributed by atoms with Gasteiger partial charge in [0.25, 0.3) is 0 Å². The molecule has 0 aliphatic carbocycles. The Kier molecular flexibility index (Phi) is 4.66. The standard InChI is InChI=1S/C17H23N3S/c1-3-9-18-15(12-14-8-10-20(2)19-14)17-11-13-6-4-5-7-16(13)21-17/h4-8,10,15,17-18H,3,9,11-12H2,1-2H3. The van der Waals surface area contributed by atoms with E-state index in [4.69, 9.17) is 0 Å². The number of hydrogen-bond acceptors (Lipinski definition) is 3. The van der Waals surface area contributed by atoms with Gasteiger partial charge in [-0.3, -0.25) is 4.68 Å². The molecule has 0 amide bonds. The van der Waals surface area contributed by atoms with Crippen molar-refractivity contribution < 1.29 is 0 Å². The number of aryl methyl sites for hydroxylation is 1. The van der Waals surface area contributed by atoms with Gasteiger partial charge in [0.1, 0.15) is 0 Å². The first kappa shape index (κ1) is 14.7. The molecule has 0 fully saturated rings. The number of fused-ring (bicyclic) bond motifs is 1. The molecule has 4 heteroatoms. The fourth-order valence-corrected chi connectivity index (χ4v) is 4.30. The fourth-order valence-electron chi connectivity index (χ4n) is 2.90. The van der Waals surface area contributed by atoms with Crippen LogP contribution < -0.4 is 5.32 Å². The van der Waals surface area contributed by atoms with Crippen molar-refractivity contribution >= 4 is 11.8 Å². The summed E-state index contributed by atoms with van der Waals surface area (Å²) in [6.45, 7) is 3.30. The van der Waals surface area contributed by atoms with Crippen molar-refractivity contribution in [3.05, 3.63) is 47.8 Å². The van der Waals surface area contributed by atoms with Gasteiger partial charge in [0.15, 0.2) is 0 Å². The molecule has 0 radical (unpaired) electrons. The summed E-state index contributed by atoms with van der Waals surface area (Å²) in [5, 5.41) is 8.89. The van der Waals surface area contributed by atoms with Gasteiger partial charge in [0.05, 0.1) is 5.69 Å². The van der Waals surface area contributed by atoms with Crippen LogP contribution in [0, 0.1) is 0 Å². The molecule has 0 saturated carbocycles. The third-order valence-corrected chi connectivity index (χ3v) is 5.43. The number of benzene rings is 1. The molecule has 1 N–H and O–H groups in total. The maximum Gasteiger partial charge on any atom is 0.0640 e. The number of nitrogens with zero attached hydrogens (tertiary/aromatic N) is 2. The summed E-state index contributed by atoms with van der Waals surface area (Å²) in [6.07, 6.45) is 5.37. The van der Waals surface area contributed by atoms with Crippen LogP contribution in [0.1, 0.15) is 24.6 Å². The van der Waals surface area contributed by atoms with Crippen molar-refractivity contribution in [1.82, 2.24) is 15.1 Å². The van der Waals surface area contributed by atoms with Crippen LogP contribution in [0.25, 0.3) is 0 Å². The molecule has 2 atom stereocenters. The van der Waals surface area contributed by atoms with E-state index in [1.54, 1.807) is 0 Å². The van der Waals surface area contributed by atoms with Crippen LogP contribution in [-0.2, 0) is 19.9 Å². The van der Waals surface area contributed by atoms with Gasteiger partial charge in [-0.25, -0.2) is 0 Å². The summed E-state index contributed by atoms with van der Waals surface area (Å²) < 4.78 is 1.89. The predicted molar refractivity (Wildman–Crippen MR) is 88.8 cm³/mol. The van der Waals surface area contributed by atoms with Gasteiger partial charge in [-0.05, 0) is 37.1 Å². The molecule has 1 aliphatic heterocycles. The molecule has 1 aromatic heterocycles. The Morgan fingerprint density at radius 3 is 2.95 bits per heavy atom. The molecule has 0 spiro atoms. The zero-order valence-electron chi connectivity index (χ0n) is 12.7. The molecule has 21 heavy (non-hydrogen) atoms. The molecule has 1 aromatic carbocycles. The van der Waals surface area contributed by atoms with Gasteiger partial charge in [-0.2, -0.15) is 5.10 Å². The number of aromatic nitrogens is 2. The van der Waals surface area contributed by atoms with Crippen LogP contribution in [-0.4, -0.2) is 27.6 Å². The van der Waals surface area contributed by atoms with E-state index in [-0.39, 0.29) is 0 Å². The number of thioether (sulfide) groups is 1. The Morgan fingerprint density at radius 1 is 1.38 bits per heavy atom. The zero-order chi connectivity index (χ0) is 14.7. The van der Waals surface area contributed by atoms with Gasteiger partial charge in [-0.1, -0.05) is 25.1 Å². The first-order valence-electron chi connectivity index (χ1n) is 7.72. The summed E-state index contributed by atoms with van der Waals surface area (Å²) in [5.74, 6) is 0. The largest absolute Gasteiger partial charge is 0.312 e. The fraction of sp³-hybridized carbons (Fsp3) is 0.471. The molecule has 0 saturated heterocycles. The van der Waals surface area contributed by atoms with E-state index in [0.717, 1.165) is 19.4 Å². The van der Waals surface area contributed by atoms with E-state index in [2.05, 4.69) is 47.7 Å². The predicted octanol–water partition coefficient (Wildman–Crippen LogP) is 3.05. The molecule has 3 rings (SSSR count). The summed E-state index contributed by atoms with van der Waals surface area (Å²) >= 11 is 2.02. The van der Waals surface area contributed by atoms with E-state index in [1.165, 1.54) is 22.6 Å². The van der Waals surface area contributed by atoms with Gasteiger partial charge in [0.2, 0.25) is 0 Å². The van der Waals surface area contributed by atoms with Gasteiger partial charge in [-0.15, -0.1) is 11.8 Å². The maximum atomic E-state index is 4.55. The van der Waals surface area contributed by atoms with Crippen LogP contribution in [0.15, 0.2) is 41.4 Å². The second-order valence-corrected chi connectivity index (χ2v) is 6.99. The quantitative estimate of drug-likeness (QED) is 0.889. The second-order valence-electron chi connectivity index (χ2n) is 5.71. The molecule has 2 heterocycles. The third-order valence-electron chi connectivity index (χ3n) is 3.98. The lowest BCUT2D eigenvalue weighted by Crippen LogP contribution is -2.40. The highest BCUT2D eigenvalue weighted by atomic mass is 32.2. The van der Waals surface area contributed by atoms with E-state index < -0.39 is 0 Å². The van der Waals surface area contributed by atoms with E-state index in [0.29, 0.717) is 11.3 Å². The number of rotatable bonds is 6. The first-order valence-corrected chi connectivity index (χ1v) is 8.60.